The van der Waals surface area contributed by atoms with E-state index in [1.54, 1.807) is 18.2 Å². The third-order valence-electron chi connectivity index (χ3n) is 2.74. The van der Waals surface area contributed by atoms with Crippen LogP contribution in [0.4, 0.5) is 0 Å². The van der Waals surface area contributed by atoms with Crippen LogP contribution in [0.15, 0.2) is 22.7 Å². The Morgan fingerprint density at radius 3 is 2.71 bits per heavy atom. The summed E-state index contributed by atoms with van der Waals surface area (Å²) in [5.74, 6) is 0.490. The Bertz CT molecular complexity index is 435. The molecule has 1 fully saturated rings. The van der Waals surface area contributed by atoms with Gasteiger partial charge in [0.1, 0.15) is 0 Å². The number of hydrogen-bond acceptors (Lipinski definition) is 1. The number of rotatable bonds is 4. The van der Waals surface area contributed by atoms with Crippen molar-refractivity contribution >= 4 is 45.0 Å². The molecule has 1 aliphatic rings. The molecule has 0 atom stereocenters. The Morgan fingerprint density at radius 1 is 1.47 bits per heavy atom. The van der Waals surface area contributed by atoms with E-state index in [1.165, 1.54) is 0 Å². The summed E-state index contributed by atoms with van der Waals surface area (Å²) >= 11 is 15.0. The van der Waals surface area contributed by atoms with Crippen LogP contribution in [0.1, 0.15) is 23.2 Å². The van der Waals surface area contributed by atoms with Crippen LogP contribution in [0.5, 0.6) is 0 Å². The number of halogens is 3. The van der Waals surface area contributed by atoms with E-state index in [2.05, 4.69) is 15.9 Å². The quantitative estimate of drug-likeness (QED) is 0.762. The zero-order valence-corrected chi connectivity index (χ0v) is 12.2. The lowest BCUT2D eigenvalue weighted by atomic mass is 10.2. The van der Waals surface area contributed by atoms with E-state index in [-0.39, 0.29) is 5.91 Å². The van der Waals surface area contributed by atoms with Gasteiger partial charge in [-0.05, 0) is 47.0 Å². The van der Waals surface area contributed by atoms with Crippen LogP contribution in [0.2, 0.25) is 5.02 Å². The minimum absolute atomic E-state index is 0.0247. The van der Waals surface area contributed by atoms with Gasteiger partial charge in [0.15, 0.2) is 0 Å². The zero-order chi connectivity index (χ0) is 12.4. The standard InChI is InChI=1S/C12H12BrCl2NO/c13-11-7-8(15)1-4-10(11)12(17)16(6-5-14)9-2-3-9/h1,4,7,9H,2-3,5-6H2. The highest BCUT2D eigenvalue weighted by atomic mass is 79.9. The monoisotopic (exact) mass is 335 g/mol. The fraction of sp³-hybridized carbons (Fsp3) is 0.417. The van der Waals surface area contributed by atoms with E-state index in [0.717, 1.165) is 17.3 Å². The Morgan fingerprint density at radius 2 is 2.18 bits per heavy atom. The third kappa shape index (κ3) is 3.15. The lowest BCUT2D eigenvalue weighted by molar-refractivity contribution is 0.0753. The summed E-state index contributed by atoms with van der Waals surface area (Å²) in [4.78, 5) is 14.2. The van der Waals surface area contributed by atoms with Crippen LogP contribution >= 0.6 is 39.1 Å². The second kappa shape index (κ2) is 5.59. The van der Waals surface area contributed by atoms with Gasteiger partial charge in [-0.3, -0.25) is 4.79 Å². The molecule has 2 nitrogen and oxygen atoms in total. The molecule has 2 rings (SSSR count). The molecule has 92 valence electrons. The lowest BCUT2D eigenvalue weighted by Crippen LogP contribution is -2.34. The molecule has 0 N–H and O–H groups in total. The summed E-state index contributed by atoms with van der Waals surface area (Å²) in [6.07, 6.45) is 2.15. The van der Waals surface area contributed by atoms with E-state index in [9.17, 15) is 4.79 Å². The van der Waals surface area contributed by atoms with Crippen molar-refractivity contribution in [3.8, 4) is 0 Å². The summed E-state index contributed by atoms with van der Waals surface area (Å²) in [6, 6.07) is 5.58. The first-order valence-electron chi connectivity index (χ1n) is 5.45. The Kier molecular flexibility index (Phi) is 4.34. The highest BCUT2D eigenvalue weighted by Gasteiger charge is 2.33. The maximum Gasteiger partial charge on any atom is 0.255 e. The molecular formula is C12H12BrCl2NO. The number of nitrogens with zero attached hydrogens (tertiary/aromatic N) is 1. The molecule has 0 bridgehead atoms. The second-order valence-corrected chi connectivity index (χ2v) is 5.71. The Labute approximate surface area is 119 Å². The summed E-state index contributed by atoms with van der Waals surface area (Å²) in [5, 5.41) is 0.615. The van der Waals surface area contributed by atoms with Crippen molar-refractivity contribution in [1.29, 1.82) is 0 Å². The molecule has 0 aliphatic heterocycles. The average Bonchev–Trinajstić information content (AvgIpc) is 3.09. The molecule has 1 saturated carbocycles. The van der Waals surface area contributed by atoms with Crippen LogP contribution in [-0.4, -0.2) is 29.3 Å². The van der Waals surface area contributed by atoms with Crippen LogP contribution in [-0.2, 0) is 0 Å². The molecule has 0 spiro atoms. The van der Waals surface area contributed by atoms with Crippen LogP contribution in [0.3, 0.4) is 0 Å². The number of carbonyl (C=O) groups is 1. The van der Waals surface area contributed by atoms with Crippen molar-refractivity contribution in [2.24, 2.45) is 0 Å². The van der Waals surface area contributed by atoms with Gasteiger partial charge in [0.2, 0.25) is 0 Å². The highest BCUT2D eigenvalue weighted by molar-refractivity contribution is 9.10. The van der Waals surface area contributed by atoms with Gasteiger partial charge in [0, 0.05) is 28.0 Å². The van der Waals surface area contributed by atoms with Crippen molar-refractivity contribution in [3.63, 3.8) is 0 Å². The normalized spacial score (nSPS) is 14.8. The van der Waals surface area contributed by atoms with Crippen molar-refractivity contribution < 1.29 is 4.79 Å². The molecule has 1 amide bonds. The molecule has 0 aromatic heterocycles. The number of carbonyl (C=O) groups excluding carboxylic acids is 1. The number of benzene rings is 1. The fourth-order valence-electron chi connectivity index (χ4n) is 1.74. The molecule has 5 heteroatoms. The fourth-order valence-corrected chi connectivity index (χ4v) is 2.78. The van der Waals surface area contributed by atoms with Crippen molar-refractivity contribution in [3.05, 3.63) is 33.3 Å². The summed E-state index contributed by atoms with van der Waals surface area (Å²) in [7, 11) is 0. The number of alkyl halides is 1. The first-order valence-corrected chi connectivity index (χ1v) is 7.16. The maximum absolute atomic E-state index is 12.3. The van der Waals surface area contributed by atoms with E-state index >= 15 is 0 Å². The van der Waals surface area contributed by atoms with Gasteiger partial charge >= 0.3 is 0 Å². The SMILES string of the molecule is O=C(c1ccc(Cl)cc1Br)N(CCCl)C1CC1. The largest absolute Gasteiger partial charge is 0.334 e. The molecule has 1 aromatic rings. The Balaban J connectivity index is 2.22. The molecule has 0 radical (unpaired) electrons. The van der Waals surface area contributed by atoms with Crippen LogP contribution < -0.4 is 0 Å². The average molecular weight is 337 g/mol. The van der Waals surface area contributed by atoms with Crippen molar-refractivity contribution in [2.75, 3.05) is 12.4 Å². The number of hydrogen-bond donors (Lipinski definition) is 0. The predicted octanol–water partition coefficient (Wildman–Crippen LogP) is 3.95. The van der Waals surface area contributed by atoms with Gasteiger partial charge in [-0.15, -0.1) is 11.6 Å². The first-order chi connectivity index (χ1) is 8.13. The lowest BCUT2D eigenvalue weighted by Gasteiger charge is -2.21. The predicted molar refractivity (Wildman–Crippen MR) is 73.9 cm³/mol. The molecule has 1 aliphatic carbocycles. The zero-order valence-electron chi connectivity index (χ0n) is 9.13. The van der Waals surface area contributed by atoms with Crippen molar-refractivity contribution in [1.82, 2.24) is 4.90 Å². The van der Waals surface area contributed by atoms with Crippen molar-refractivity contribution in [2.45, 2.75) is 18.9 Å². The van der Waals surface area contributed by atoms with E-state index < -0.39 is 0 Å². The highest BCUT2D eigenvalue weighted by Crippen LogP contribution is 2.30. The summed E-state index contributed by atoms with van der Waals surface area (Å²) in [5.41, 5.74) is 0.645. The Hall–Kier alpha value is -0.250. The molecule has 1 aromatic carbocycles. The second-order valence-electron chi connectivity index (χ2n) is 4.04. The summed E-state index contributed by atoms with van der Waals surface area (Å²) in [6.45, 7) is 0.597. The van der Waals surface area contributed by atoms with E-state index in [1.807, 2.05) is 4.90 Å². The van der Waals surface area contributed by atoms with Gasteiger partial charge in [-0.1, -0.05) is 11.6 Å². The van der Waals surface area contributed by atoms with Gasteiger partial charge in [-0.25, -0.2) is 0 Å². The first kappa shape index (κ1) is 13.2. The maximum atomic E-state index is 12.3. The molecule has 0 saturated heterocycles. The molecule has 0 heterocycles. The molecule has 17 heavy (non-hydrogen) atoms. The third-order valence-corrected chi connectivity index (χ3v) is 3.80. The topological polar surface area (TPSA) is 20.3 Å². The van der Waals surface area contributed by atoms with Gasteiger partial charge in [-0.2, -0.15) is 0 Å². The summed E-state index contributed by atoms with van der Waals surface area (Å²) < 4.78 is 0.732. The van der Waals surface area contributed by atoms with Crippen LogP contribution in [0.25, 0.3) is 0 Å². The van der Waals surface area contributed by atoms with Gasteiger partial charge in [0.25, 0.3) is 5.91 Å². The number of amides is 1. The van der Waals surface area contributed by atoms with Gasteiger partial charge in [0.05, 0.1) is 5.56 Å². The minimum Gasteiger partial charge on any atom is -0.334 e. The van der Waals surface area contributed by atoms with E-state index in [4.69, 9.17) is 23.2 Å². The van der Waals surface area contributed by atoms with E-state index in [0.29, 0.717) is 29.1 Å². The minimum atomic E-state index is 0.0247. The van der Waals surface area contributed by atoms with Gasteiger partial charge < -0.3 is 4.90 Å². The molecule has 0 unspecified atom stereocenters. The smallest absolute Gasteiger partial charge is 0.255 e. The molecular weight excluding hydrogens is 325 g/mol. The van der Waals surface area contributed by atoms with Crippen LogP contribution in [0, 0.1) is 0 Å².